The van der Waals surface area contributed by atoms with Gasteiger partial charge in [0.25, 0.3) is 0 Å². The van der Waals surface area contributed by atoms with Crippen LogP contribution in [0.5, 0.6) is 0 Å². The van der Waals surface area contributed by atoms with Crippen molar-refractivity contribution < 1.29 is 0 Å². The van der Waals surface area contributed by atoms with Crippen LogP contribution in [0.1, 0.15) is 11.3 Å². The van der Waals surface area contributed by atoms with E-state index in [0.717, 1.165) is 66.8 Å². The first-order valence-corrected chi connectivity index (χ1v) is 15.5. The first kappa shape index (κ1) is 27.5. The smallest absolute Gasteiger partial charge is 0.160 e. The molecule has 0 amide bonds. The van der Waals surface area contributed by atoms with Gasteiger partial charge >= 0.3 is 0 Å². The van der Waals surface area contributed by atoms with Crippen LogP contribution in [0.2, 0.25) is 0 Å². The third-order valence-corrected chi connectivity index (χ3v) is 8.49. The van der Waals surface area contributed by atoms with Gasteiger partial charge in [-0.1, -0.05) is 121 Å². The van der Waals surface area contributed by atoms with E-state index >= 15 is 0 Å². The van der Waals surface area contributed by atoms with Crippen molar-refractivity contribution >= 4 is 21.8 Å². The minimum atomic E-state index is 0.693. The summed E-state index contributed by atoms with van der Waals surface area (Å²) in [5, 5.41) is 2.21. The molecule has 0 N–H and O–H groups in total. The molecule has 0 saturated carbocycles. The van der Waals surface area contributed by atoms with Gasteiger partial charge in [-0.15, -0.1) is 0 Å². The summed E-state index contributed by atoms with van der Waals surface area (Å²) in [4.78, 5) is 20.2. The molecule has 3 heterocycles. The Bertz CT molecular complexity index is 2360. The summed E-state index contributed by atoms with van der Waals surface area (Å²) < 4.78 is 0. The zero-order chi connectivity index (χ0) is 31.0. The summed E-state index contributed by atoms with van der Waals surface area (Å²) in [5.41, 5.74) is 13.1. The maximum Gasteiger partial charge on any atom is 0.160 e. The van der Waals surface area contributed by atoms with Gasteiger partial charge in [0, 0.05) is 38.7 Å². The van der Waals surface area contributed by atoms with Crippen molar-refractivity contribution in [1.82, 2.24) is 19.9 Å². The standard InChI is InChI=1S/C42H30N4/c1-27-24-37(44-41-36(27)23-22-32-17-16-28(2)43-40(32)41)34-14-9-15-35(25-34)39-26-38(45-42(46-39)33-12-7-4-8-13-33)31-20-18-30(19-21-31)29-10-5-3-6-11-29/h3-26H,1-2H3. The third-order valence-electron chi connectivity index (χ3n) is 8.49. The monoisotopic (exact) mass is 590 g/mol. The maximum absolute atomic E-state index is 5.18. The largest absolute Gasteiger partial charge is 0.251 e. The number of pyridine rings is 2. The van der Waals surface area contributed by atoms with Gasteiger partial charge in [-0.25, -0.2) is 15.0 Å². The lowest BCUT2D eigenvalue weighted by molar-refractivity contribution is 1.18. The Morgan fingerprint density at radius 1 is 0.370 bits per heavy atom. The Balaban J connectivity index is 1.24. The van der Waals surface area contributed by atoms with Crippen LogP contribution in [0.4, 0.5) is 0 Å². The number of benzene rings is 5. The Hall–Kier alpha value is -6.00. The van der Waals surface area contributed by atoms with Crippen molar-refractivity contribution in [2.75, 3.05) is 0 Å². The molecular formula is C42H30N4. The van der Waals surface area contributed by atoms with Crippen LogP contribution in [0.3, 0.4) is 0 Å². The van der Waals surface area contributed by atoms with Crippen LogP contribution in [-0.2, 0) is 0 Å². The van der Waals surface area contributed by atoms with E-state index in [4.69, 9.17) is 19.9 Å². The molecule has 46 heavy (non-hydrogen) atoms. The van der Waals surface area contributed by atoms with E-state index < -0.39 is 0 Å². The highest BCUT2D eigenvalue weighted by Crippen LogP contribution is 2.33. The summed E-state index contributed by atoms with van der Waals surface area (Å²) in [6.07, 6.45) is 0. The summed E-state index contributed by atoms with van der Waals surface area (Å²) >= 11 is 0. The number of rotatable bonds is 5. The highest BCUT2D eigenvalue weighted by atomic mass is 14.9. The highest BCUT2D eigenvalue weighted by molar-refractivity contribution is 6.04. The van der Waals surface area contributed by atoms with Crippen molar-refractivity contribution in [3.8, 4) is 56.3 Å². The Kier molecular flexibility index (Phi) is 6.88. The molecule has 218 valence electrons. The third kappa shape index (κ3) is 5.20. The second-order valence-electron chi connectivity index (χ2n) is 11.7. The lowest BCUT2D eigenvalue weighted by Gasteiger charge is -2.12. The van der Waals surface area contributed by atoms with Crippen molar-refractivity contribution in [1.29, 1.82) is 0 Å². The van der Waals surface area contributed by atoms with Gasteiger partial charge in [-0.2, -0.15) is 0 Å². The molecule has 0 aliphatic carbocycles. The topological polar surface area (TPSA) is 51.6 Å². The van der Waals surface area contributed by atoms with Crippen molar-refractivity contribution in [2.45, 2.75) is 13.8 Å². The number of aryl methyl sites for hydroxylation is 2. The first-order valence-electron chi connectivity index (χ1n) is 15.5. The van der Waals surface area contributed by atoms with E-state index in [-0.39, 0.29) is 0 Å². The first-order chi connectivity index (χ1) is 22.6. The molecule has 0 atom stereocenters. The lowest BCUT2D eigenvalue weighted by Crippen LogP contribution is -1.96. The quantitative estimate of drug-likeness (QED) is 0.187. The van der Waals surface area contributed by atoms with Gasteiger partial charge in [-0.05, 0) is 54.8 Å². The fourth-order valence-corrected chi connectivity index (χ4v) is 6.05. The van der Waals surface area contributed by atoms with Gasteiger partial charge in [0.05, 0.1) is 28.1 Å². The maximum atomic E-state index is 5.18. The minimum absolute atomic E-state index is 0.693. The zero-order valence-corrected chi connectivity index (χ0v) is 25.6. The molecular weight excluding hydrogens is 560 g/mol. The van der Waals surface area contributed by atoms with E-state index in [1.807, 2.05) is 37.3 Å². The number of nitrogens with zero attached hydrogens (tertiary/aromatic N) is 4. The predicted octanol–water partition coefficient (Wildman–Crippen LogP) is 10.5. The predicted molar refractivity (Wildman–Crippen MR) is 189 cm³/mol. The summed E-state index contributed by atoms with van der Waals surface area (Å²) in [7, 11) is 0. The molecule has 8 aromatic rings. The van der Waals surface area contributed by atoms with Crippen molar-refractivity contribution in [2.24, 2.45) is 0 Å². The van der Waals surface area contributed by atoms with E-state index in [1.165, 1.54) is 16.7 Å². The molecule has 0 aliphatic rings. The summed E-state index contributed by atoms with van der Waals surface area (Å²) in [5.74, 6) is 0.693. The van der Waals surface area contributed by atoms with Gasteiger partial charge in [0.2, 0.25) is 0 Å². The minimum Gasteiger partial charge on any atom is -0.251 e. The van der Waals surface area contributed by atoms with Gasteiger partial charge in [0.1, 0.15) is 0 Å². The van der Waals surface area contributed by atoms with E-state index in [0.29, 0.717) is 5.82 Å². The molecule has 5 aromatic carbocycles. The van der Waals surface area contributed by atoms with Crippen LogP contribution >= 0.6 is 0 Å². The average Bonchev–Trinajstić information content (AvgIpc) is 3.12. The average molecular weight is 591 g/mol. The number of hydrogen-bond donors (Lipinski definition) is 0. The van der Waals surface area contributed by atoms with Crippen molar-refractivity contribution in [3.63, 3.8) is 0 Å². The molecule has 0 fully saturated rings. The lowest BCUT2D eigenvalue weighted by atomic mass is 9.99. The molecule has 0 aliphatic heterocycles. The van der Waals surface area contributed by atoms with E-state index in [9.17, 15) is 0 Å². The SMILES string of the molecule is Cc1ccc2ccc3c(C)cc(-c4cccc(-c5cc(-c6ccc(-c7ccccc7)cc6)nc(-c6ccccc6)n5)c4)nc3c2n1. The van der Waals surface area contributed by atoms with Crippen LogP contribution in [0.15, 0.2) is 146 Å². The van der Waals surface area contributed by atoms with Crippen LogP contribution in [0.25, 0.3) is 78.1 Å². The van der Waals surface area contributed by atoms with Crippen molar-refractivity contribution in [3.05, 3.63) is 157 Å². The van der Waals surface area contributed by atoms with Crippen LogP contribution < -0.4 is 0 Å². The Morgan fingerprint density at radius 2 is 0.935 bits per heavy atom. The fourth-order valence-electron chi connectivity index (χ4n) is 6.05. The highest BCUT2D eigenvalue weighted by Gasteiger charge is 2.14. The second kappa shape index (κ2) is 11.5. The fraction of sp³-hybridized carbons (Fsp3) is 0.0476. The molecule has 0 unspecified atom stereocenters. The van der Waals surface area contributed by atoms with E-state index in [2.05, 4.69) is 122 Å². The number of fused-ring (bicyclic) bond motifs is 3. The van der Waals surface area contributed by atoms with Gasteiger partial charge in [0.15, 0.2) is 5.82 Å². The molecule has 0 bridgehead atoms. The van der Waals surface area contributed by atoms with Gasteiger partial charge < -0.3 is 0 Å². The number of aromatic nitrogens is 4. The van der Waals surface area contributed by atoms with E-state index in [1.54, 1.807) is 0 Å². The molecule has 4 nitrogen and oxygen atoms in total. The molecule has 0 saturated heterocycles. The molecule has 3 aromatic heterocycles. The van der Waals surface area contributed by atoms with Crippen LogP contribution in [-0.4, -0.2) is 19.9 Å². The summed E-state index contributed by atoms with van der Waals surface area (Å²) in [6.45, 7) is 4.17. The molecule has 8 rings (SSSR count). The second-order valence-corrected chi connectivity index (χ2v) is 11.7. The Morgan fingerprint density at radius 3 is 1.65 bits per heavy atom. The van der Waals surface area contributed by atoms with Gasteiger partial charge in [-0.3, -0.25) is 4.98 Å². The molecule has 0 radical (unpaired) electrons. The zero-order valence-electron chi connectivity index (χ0n) is 25.6. The molecule has 4 heteroatoms. The normalized spacial score (nSPS) is 11.3. The van der Waals surface area contributed by atoms with Crippen LogP contribution in [0, 0.1) is 13.8 Å². The Labute approximate surface area is 268 Å². The number of hydrogen-bond acceptors (Lipinski definition) is 4. The summed E-state index contributed by atoms with van der Waals surface area (Å²) in [6, 6.07) is 50.4. The molecule has 0 spiro atoms.